The number of nitrogens with zero attached hydrogens (tertiary/aromatic N) is 1. The molecule has 0 amide bonds. The van der Waals surface area contributed by atoms with Crippen molar-refractivity contribution in [1.82, 2.24) is 0 Å². The third-order valence-corrected chi connectivity index (χ3v) is 3.56. The number of hydrogen-bond acceptors (Lipinski definition) is 5. The molecule has 1 aromatic heterocycles. The summed E-state index contributed by atoms with van der Waals surface area (Å²) in [6.45, 7) is 7.94. The zero-order chi connectivity index (χ0) is 16.8. The summed E-state index contributed by atoms with van der Waals surface area (Å²) in [6.07, 6.45) is 2.65. The average molecular weight is 315 g/mol. The maximum atomic E-state index is 12.0. The Morgan fingerprint density at radius 2 is 1.96 bits per heavy atom. The lowest BCUT2D eigenvalue weighted by Crippen LogP contribution is -2.21. The minimum absolute atomic E-state index is 0.295. The van der Waals surface area contributed by atoms with Crippen LogP contribution >= 0.6 is 0 Å². The van der Waals surface area contributed by atoms with E-state index in [1.54, 1.807) is 13.0 Å². The molecule has 0 bridgehead atoms. The summed E-state index contributed by atoms with van der Waals surface area (Å²) < 4.78 is 10.2. The summed E-state index contributed by atoms with van der Waals surface area (Å²) in [7, 11) is 0. The smallest absolute Gasteiger partial charge is 0.343 e. The third kappa shape index (κ3) is 4.00. The highest BCUT2D eigenvalue weighted by molar-refractivity contribution is 5.88. The van der Waals surface area contributed by atoms with Gasteiger partial charge in [0.25, 0.3) is 0 Å². The van der Waals surface area contributed by atoms with Crippen molar-refractivity contribution in [2.24, 2.45) is 0 Å². The molecule has 0 aliphatic carbocycles. The van der Waals surface area contributed by atoms with Gasteiger partial charge in [0.1, 0.15) is 5.58 Å². The molecule has 0 radical (unpaired) electrons. The normalized spacial score (nSPS) is 11.1. The van der Waals surface area contributed by atoms with Gasteiger partial charge in [0.2, 0.25) is 0 Å². The van der Waals surface area contributed by atoms with Crippen molar-refractivity contribution in [2.75, 3.05) is 24.6 Å². The van der Waals surface area contributed by atoms with Gasteiger partial charge in [0, 0.05) is 36.3 Å². The van der Waals surface area contributed by atoms with Gasteiger partial charge in [0.05, 0.1) is 12.2 Å². The summed E-state index contributed by atoms with van der Waals surface area (Å²) >= 11 is 0. The first kappa shape index (κ1) is 16.8. The molecule has 23 heavy (non-hydrogen) atoms. The lowest BCUT2D eigenvalue weighted by atomic mass is 10.1. The maximum absolute atomic E-state index is 12.0. The number of anilines is 1. The van der Waals surface area contributed by atoms with Crippen molar-refractivity contribution in [2.45, 2.75) is 20.8 Å². The van der Waals surface area contributed by atoms with E-state index in [0.29, 0.717) is 17.8 Å². The Morgan fingerprint density at radius 3 is 2.61 bits per heavy atom. The predicted octanol–water partition coefficient (Wildman–Crippen LogP) is 3.22. The van der Waals surface area contributed by atoms with Crippen molar-refractivity contribution >= 4 is 28.7 Å². The van der Waals surface area contributed by atoms with Gasteiger partial charge in [-0.2, -0.15) is 0 Å². The molecule has 2 rings (SSSR count). The van der Waals surface area contributed by atoms with Gasteiger partial charge in [-0.15, -0.1) is 0 Å². The van der Waals surface area contributed by atoms with Crippen LogP contribution in [-0.4, -0.2) is 25.7 Å². The van der Waals surface area contributed by atoms with E-state index in [9.17, 15) is 9.59 Å². The molecule has 122 valence electrons. The van der Waals surface area contributed by atoms with Crippen LogP contribution in [0.3, 0.4) is 0 Å². The van der Waals surface area contributed by atoms with E-state index < -0.39 is 11.6 Å². The maximum Gasteiger partial charge on any atom is 0.343 e. The van der Waals surface area contributed by atoms with Crippen LogP contribution in [0.4, 0.5) is 5.69 Å². The van der Waals surface area contributed by atoms with Gasteiger partial charge >= 0.3 is 11.6 Å². The van der Waals surface area contributed by atoms with Crippen LogP contribution in [0, 0.1) is 0 Å². The standard InChI is InChI=1S/C18H21NO4/c1-4-19(5-2)15-9-7-13-11-14(8-10-17(20)22-6-3)18(21)23-16(13)12-15/h7-12H,4-6H2,1-3H3/b10-8+. The summed E-state index contributed by atoms with van der Waals surface area (Å²) in [5, 5.41) is 0.809. The van der Waals surface area contributed by atoms with Crippen molar-refractivity contribution in [3.8, 4) is 0 Å². The van der Waals surface area contributed by atoms with Gasteiger partial charge < -0.3 is 14.1 Å². The largest absolute Gasteiger partial charge is 0.463 e. The van der Waals surface area contributed by atoms with Crippen LogP contribution in [0.2, 0.25) is 0 Å². The van der Waals surface area contributed by atoms with Crippen LogP contribution in [0.15, 0.2) is 39.6 Å². The van der Waals surface area contributed by atoms with Crippen molar-refractivity contribution in [1.29, 1.82) is 0 Å². The molecule has 5 nitrogen and oxygen atoms in total. The molecule has 0 N–H and O–H groups in total. The second kappa shape index (κ2) is 7.63. The Bertz CT molecular complexity index is 772. The van der Waals surface area contributed by atoms with Gasteiger partial charge in [-0.3, -0.25) is 0 Å². The van der Waals surface area contributed by atoms with Crippen LogP contribution in [-0.2, 0) is 9.53 Å². The molecule has 0 spiro atoms. The molecule has 0 aliphatic heterocycles. The molecule has 0 atom stereocenters. The monoisotopic (exact) mass is 315 g/mol. The zero-order valence-corrected chi connectivity index (χ0v) is 13.7. The lowest BCUT2D eigenvalue weighted by Gasteiger charge is -2.20. The number of rotatable bonds is 6. The Kier molecular flexibility index (Phi) is 5.57. The number of benzene rings is 1. The Morgan fingerprint density at radius 1 is 1.22 bits per heavy atom. The van der Waals surface area contributed by atoms with Gasteiger partial charge in [-0.05, 0) is 45.0 Å². The van der Waals surface area contributed by atoms with Crippen molar-refractivity contribution < 1.29 is 13.9 Å². The minimum atomic E-state index is -0.483. The zero-order valence-electron chi connectivity index (χ0n) is 13.7. The number of carbonyl (C=O) groups is 1. The Balaban J connectivity index is 2.37. The first-order valence-electron chi connectivity index (χ1n) is 7.76. The fourth-order valence-electron chi connectivity index (χ4n) is 2.37. The number of fused-ring (bicyclic) bond motifs is 1. The fraction of sp³-hybridized carbons (Fsp3) is 0.333. The van der Waals surface area contributed by atoms with Crippen molar-refractivity contribution in [3.63, 3.8) is 0 Å². The average Bonchev–Trinajstić information content (AvgIpc) is 2.54. The summed E-state index contributed by atoms with van der Waals surface area (Å²) in [5.41, 5.74) is 1.39. The summed E-state index contributed by atoms with van der Waals surface area (Å²) in [6, 6.07) is 7.48. The molecule has 0 fully saturated rings. The highest BCUT2D eigenvalue weighted by atomic mass is 16.5. The van der Waals surface area contributed by atoms with Crippen LogP contribution in [0.5, 0.6) is 0 Å². The summed E-state index contributed by atoms with van der Waals surface area (Å²) in [4.78, 5) is 25.5. The van der Waals surface area contributed by atoms with E-state index in [4.69, 9.17) is 9.15 Å². The molecule has 0 aliphatic rings. The van der Waals surface area contributed by atoms with E-state index in [2.05, 4.69) is 18.7 Å². The Labute approximate surface area is 135 Å². The molecular weight excluding hydrogens is 294 g/mol. The first-order chi connectivity index (χ1) is 11.1. The highest BCUT2D eigenvalue weighted by Crippen LogP contribution is 2.22. The molecule has 0 saturated carbocycles. The van der Waals surface area contributed by atoms with Gasteiger partial charge in [-0.1, -0.05) is 0 Å². The van der Waals surface area contributed by atoms with E-state index in [1.165, 1.54) is 12.2 Å². The second-order valence-electron chi connectivity index (χ2n) is 4.97. The van der Waals surface area contributed by atoms with Crippen LogP contribution < -0.4 is 10.5 Å². The fourth-order valence-corrected chi connectivity index (χ4v) is 2.37. The number of ether oxygens (including phenoxy) is 1. The van der Waals surface area contributed by atoms with E-state index in [1.807, 2.05) is 18.2 Å². The molecular formula is C18H21NO4. The van der Waals surface area contributed by atoms with Crippen molar-refractivity contribution in [3.05, 3.63) is 46.3 Å². The third-order valence-electron chi connectivity index (χ3n) is 3.56. The molecule has 1 aromatic carbocycles. The summed E-state index contributed by atoms with van der Waals surface area (Å²) in [5.74, 6) is -0.483. The SMILES string of the molecule is CCOC(=O)/C=C/c1cc2ccc(N(CC)CC)cc2oc1=O. The number of hydrogen-bond donors (Lipinski definition) is 0. The molecule has 5 heteroatoms. The second-order valence-corrected chi connectivity index (χ2v) is 4.97. The van der Waals surface area contributed by atoms with Gasteiger partial charge in [0.15, 0.2) is 0 Å². The van der Waals surface area contributed by atoms with Gasteiger partial charge in [-0.25, -0.2) is 9.59 Å². The molecule has 1 heterocycles. The van der Waals surface area contributed by atoms with E-state index in [-0.39, 0.29) is 0 Å². The number of carbonyl (C=O) groups excluding carboxylic acids is 1. The minimum Gasteiger partial charge on any atom is -0.463 e. The molecule has 0 unspecified atom stereocenters. The van der Waals surface area contributed by atoms with E-state index in [0.717, 1.165) is 24.2 Å². The predicted molar refractivity (Wildman–Crippen MR) is 91.7 cm³/mol. The first-order valence-corrected chi connectivity index (χ1v) is 7.76. The van der Waals surface area contributed by atoms with Crippen LogP contribution in [0.1, 0.15) is 26.3 Å². The molecule has 2 aromatic rings. The highest BCUT2D eigenvalue weighted by Gasteiger charge is 2.07. The molecule has 0 saturated heterocycles. The van der Waals surface area contributed by atoms with Crippen LogP contribution in [0.25, 0.3) is 17.0 Å². The Hall–Kier alpha value is -2.56. The number of esters is 1. The van der Waals surface area contributed by atoms with E-state index >= 15 is 0 Å². The topological polar surface area (TPSA) is 59.8 Å². The quantitative estimate of drug-likeness (QED) is 0.465. The lowest BCUT2D eigenvalue weighted by molar-refractivity contribution is -0.137.